The predicted molar refractivity (Wildman–Crippen MR) is 96.7 cm³/mol. The zero-order valence-electron chi connectivity index (χ0n) is 15.2. The van der Waals surface area contributed by atoms with Crippen LogP contribution >= 0.6 is 0 Å². The molecule has 2 rings (SSSR count). The number of methoxy groups -OCH3 is 1. The number of ether oxygens (including phenoxy) is 3. The minimum Gasteiger partial charge on any atom is -0.493 e. The highest BCUT2D eigenvalue weighted by Gasteiger charge is 2.16. The molecule has 148 valence electrons. The second kappa shape index (κ2) is 9.91. The third kappa shape index (κ3) is 5.97. The molecule has 0 unspecified atom stereocenters. The minimum atomic E-state index is -0.928. The molecule has 0 saturated carbocycles. The van der Waals surface area contributed by atoms with Crippen molar-refractivity contribution in [3.05, 3.63) is 53.8 Å². The van der Waals surface area contributed by atoms with Crippen LogP contribution in [0, 0.1) is 5.82 Å². The Hall–Kier alpha value is -3.62. The number of carbonyl (C=O) groups excluding carboxylic acids is 3. The van der Waals surface area contributed by atoms with Gasteiger partial charge in [0.25, 0.3) is 11.8 Å². The van der Waals surface area contributed by atoms with Crippen LogP contribution in [0.3, 0.4) is 0 Å². The van der Waals surface area contributed by atoms with Crippen molar-refractivity contribution in [2.45, 2.75) is 13.0 Å². The minimum absolute atomic E-state index is 0.266. The molecule has 0 radical (unpaired) electrons. The van der Waals surface area contributed by atoms with E-state index in [4.69, 9.17) is 14.2 Å². The van der Waals surface area contributed by atoms with Gasteiger partial charge in [-0.25, -0.2) is 4.39 Å². The third-order valence-electron chi connectivity index (χ3n) is 3.50. The monoisotopic (exact) mass is 390 g/mol. The molecule has 8 nitrogen and oxygen atoms in total. The van der Waals surface area contributed by atoms with Crippen LogP contribution in [0.4, 0.5) is 4.39 Å². The lowest BCUT2D eigenvalue weighted by Gasteiger charge is -2.15. The molecule has 28 heavy (non-hydrogen) atoms. The smallest absolute Gasteiger partial charge is 0.279 e. The zero-order valence-corrected chi connectivity index (χ0v) is 15.2. The summed E-state index contributed by atoms with van der Waals surface area (Å²) in [4.78, 5) is 34.5. The lowest BCUT2D eigenvalue weighted by Crippen LogP contribution is -2.48. The van der Waals surface area contributed by atoms with Crippen molar-refractivity contribution in [3.8, 4) is 17.2 Å². The molecule has 0 aromatic heterocycles. The van der Waals surface area contributed by atoms with Gasteiger partial charge in [0.2, 0.25) is 0 Å². The van der Waals surface area contributed by atoms with E-state index < -0.39 is 30.3 Å². The maximum absolute atomic E-state index is 12.9. The Morgan fingerprint density at radius 1 is 1.11 bits per heavy atom. The summed E-state index contributed by atoms with van der Waals surface area (Å²) in [5.41, 5.74) is 4.79. The molecule has 9 heteroatoms. The first-order valence-electron chi connectivity index (χ1n) is 8.20. The number of nitrogens with one attached hydrogen (secondary N) is 2. The summed E-state index contributed by atoms with van der Waals surface area (Å²) in [7, 11) is 1.40. The van der Waals surface area contributed by atoms with Crippen LogP contribution in [-0.2, 0) is 9.59 Å². The van der Waals surface area contributed by atoms with E-state index in [1.54, 1.807) is 0 Å². The molecule has 0 aliphatic carbocycles. The number of rotatable bonds is 8. The van der Waals surface area contributed by atoms with Crippen molar-refractivity contribution >= 4 is 18.1 Å². The normalized spacial score (nSPS) is 11.1. The van der Waals surface area contributed by atoms with Gasteiger partial charge in [-0.2, -0.15) is 0 Å². The zero-order chi connectivity index (χ0) is 20.5. The molecule has 0 saturated heterocycles. The highest BCUT2D eigenvalue weighted by Crippen LogP contribution is 2.27. The van der Waals surface area contributed by atoms with Gasteiger partial charge in [0.05, 0.1) is 7.11 Å². The average molecular weight is 390 g/mol. The first kappa shape index (κ1) is 20.7. The van der Waals surface area contributed by atoms with Gasteiger partial charge in [-0.3, -0.25) is 25.2 Å². The number of aldehydes is 1. The second-order valence-electron chi connectivity index (χ2n) is 5.57. The molecule has 2 amide bonds. The maximum atomic E-state index is 12.9. The highest BCUT2D eigenvalue weighted by atomic mass is 19.1. The third-order valence-corrected chi connectivity index (χ3v) is 3.50. The summed E-state index contributed by atoms with van der Waals surface area (Å²) in [5.74, 6) is -0.779. The average Bonchev–Trinajstić information content (AvgIpc) is 2.71. The Bertz CT molecular complexity index is 841. The quantitative estimate of drug-likeness (QED) is 0.525. The molecule has 0 aliphatic rings. The van der Waals surface area contributed by atoms with E-state index in [9.17, 15) is 18.8 Å². The SMILES string of the molecule is COc1cc(C=O)ccc1OCC(=O)NNC(=O)[C@H](C)Oc1ccc(F)cc1. The van der Waals surface area contributed by atoms with E-state index in [2.05, 4.69) is 10.9 Å². The van der Waals surface area contributed by atoms with Crippen LogP contribution in [0.25, 0.3) is 0 Å². The topological polar surface area (TPSA) is 103 Å². The summed E-state index contributed by atoms with van der Waals surface area (Å²) in [6.45, 7) is 1.07. The molecule has 0 fully saturated rings. The van der Waals surface area contributed by atoms with Crippen molar-refractivity contribution in [2.24, 2.45) is 0 Å². The number of halogens is 1. The van der Waals surface area contributed by atoms with Gasteiger partial charge < -0.3 is 14.2 Å². The van der Waals surface area contributed by atoms with Crippen LogP contribution in [0.2, 0.25) is 0 Å². The van der Waals surface area contributed by atoms with Crippen molar-refractivity contribution in [3.63, 3.8) is 0 Å². The summed E-state index contributed by atoms with van der Waals surface area (Å²) < 4.78 is 28.6. The van der Waals surface area contributed by atoms with Gasteiger partial charge in [0.1, 0.15) is 17.9 Å². The molecule has 2 aromatic rings. The fourth-order valence-corrected chi connectivity index (χ4v) is 2.06. The Balaban J connectivity index is 1.79. The molecule has 1 atom stereocenters. The first-order valence-corrected chi connectivity index (χ1v) is 8.20. The van der Waals surface area contributed by atoms with Crippen molar-refractivity contribution in [2.75, 3.05) is 13.7 Å². The number of hydrogen-bond donors (Lipinski definition) is 2. The largest absolute Gasteiger partial charge is 0.493 e. The van der Waals surface area contributed by atoms with Crippen LogP contribution < -0.4 is 25.1 Å². The van der Waals surface area contributed by atoms with E-state index in [1.807, 2.05) is 0 Å². The lowest BCUT2D eigenvalue weighted by atomic mass is 10.2. The Morgan fingerprint density at radius 3 is 2.46 bits per heavy atom. The highest BCUT2D eigenvalue weighted by molar-refractivity contribution is 5.85. The van der Waals surface area contributed by atoms with Gasteiger partial charge in [-0.15, -0.1) is 0 Å². The number of benzene rings is 2. The molecule has 0 aliphatic heterocycles. The van der Waals surface area contributed by atoms with Crippen LogP contribution in [0.5, 0.6) is 17.2 Å². The molecule has 0 bridgehead atoms. The molecule has 0 heterocycles. The Kier molecular flexibility index (Phi) is 7.32. The summed E-state index contributed by atoms with van der Waals surface area (Å²) in [5, 5.41) is 0. The van der Waals surface area contributed by atoms with E-state index in [0.29, 0.717) is 23.3 Å². The molecular formula is C19H19FN2O6. The summed E-state index contributed by atoms with van der Waals surface area (Å²) in [6, 6.07) is 9.65. The lowest BCUT2D eigenvalue weighted by molar-refractivity contribution is -0.133. The van der Waals surface area contributed by atoms with Gasteiger partial charge in [0, 0.05) is 5.56 Å². The second-order valence-corrected chi connectivity index (χ2v) is 5.57. The molecular weight excluding hydrogens is 371 g/mol. The van der Waals surface area contributed by atoms with Crippen LogP contribution in [0.1, 0.15) is 17.3 Å². The van der Waals surface area contributed by atoms with Crippen LogP contribution in [0.15, 0.2) is 42.5 Å². The maximum Gasteiger partial charge on any atom is 0.279 e. The fourth-order valence-electron chi connectivity index (χ4n) is 2.06. The standard InChI is InChI=1S/C19H19FN2O6/c1-12(28-15-6-4-14(20)5-7-15)19(25)22-21-18(24)11-27-16-8-3-13(10-23)9-17(16)26-2/h3-10,12H,11H2,1-2H3,(H,21,24)(H,22,25)/t12-/m0/s1. The van der Waals surface area contributed by atoms with Gasteiger partial charge in [-0.1, -0.05) is 0 Å². The van der Waals surface area contributed by atoms with Crippen molar-refractivity contribution < 1.29 is 33.0 Å². The van der Waals surface area contributed by atoms with E-state index in [1.165, 1.54) is 56.5 Å². The summed E-state index contributed by atoms with van der Waals surface area (Å²) in [6.07, 6.45) is -0.272. The number of carbonyl (C=O) groups is 3. The number of hydrogen-bond acceptors (Lipinski definition) is 6. The van der Waals surface area contributed by atoms with Crippen molar-refractivity contribution in [1.29, 1.82) is 0 Å². The van der Waals surface area contributed by atoms with Gasteiger partial charge >= 0.3 is 0 Å². The van der Waals surface area contributed by atoms with Gasteiger partial charge in [-0.05, 0) is 49.4 Å². The van der Waals surface area contributed by atoms with E-state index in [-0.39, 0.29) is 5.75 Å². The van der Waals surface area contributed by atoms with Crippen LogP contribution in [-0.4, -0.2) is 37.9 Å². The number of hydrazine groups is 1. The van der Waals surface area contributed by atoms with E-state index in [0.717, 1.165) is 0 Å². The Morgan fingerprint density at radius 2 is 1.82 bits per heavy atom. The summed E-state index contributed by atoms with van der Waals surface area (Å²) >= 11 is 0. The first-order chi connectivity index (χ1) is 13.4. The van der Waals surface area contributed by atoms with Gasteiger partial charge in [0.15, 0.2) is 24.2 Å². The Labute approximate surface area is 160 Å². The van der Waals surface area contributed by atoms with Crippen molar-refractivity contribution in [1.82, 2.24) is 10.9 Å². The molecule has 2 aromatic carbocycles. The fraction of sp³-hybridized carbons (Fsp3) is 0.211. The predicted octanol–water partition coefficient (Wildman–Crippen LogP) is 1.64. The molecule has 2 N–H and O–H groups in total. The molecule has 0 spiro atoms. The van der Waals surface area contributed by atoms with E-state index >= 15 is 0 Å². The number of amides is 2.